The predicted molar refractivity (Wildman–Crippen MR) is 111 cm³/mol. The van der Waals surface area contributed by atoms with Gasteiger partial charge in [-0.2, -0.15) is 0 Å². The van der Waals surface area contributed by atoms with E-state index in [1.165, 1.54) is 11.3 Å². The molecule has 0 radical (unpaired) electrons. The van der Waals surface area contributed by atoms with Gasteiger partial charge in [-0.15, -0.1) is 11.3 Å². The molecule has 154 valence electrons. The van der Waals surface area contributed by atoms with Crippen LogP contribution >= 0.6 is 11.3 Å². The normalized spacial score (nSPS) is 15.6. The fourth-order valence-electron chi connectivity index (χ4n) is 3.21. The van der Waals surface area contributed by atoms with Gasteiger partial charge >= 0.3 is 0 Å². The molecule has 0 saturated carbocycles. The summed E-state index contributed by atoms with van der Waals surface area (Å²) in [5.41, 5.74) is 2.18. The minimum absolute atomic E-state index is 0.233. The zero-order chi connectivity index (χ0) is 21.1. The van der Waals surface area contributed by atoms with Crippen LogP contribution in [0.4, 0.5) is 5.69 Å². The quantitative estimate of drug-likeness (QED) is 0.294. The molecular formula is C20H22N2O6S. The Morgan fingerprint density at radius 1 is 1.21 bits per heavy atom. The summed E-state index contributed by atoms with van der Waals surface area (Å²) >= 11 is 1.48. The molecule has 0 bridgehead atoms. The van der Waals surface area contributed by atoms with Crippen molar-refractivity contribution in [3.8, 4) is 10.4 Å². The van der Waals surface area contributed by atoms with E-state index in [1.807, 2.05) is 24.4 Å². The lowest BCUT2D eigenvalue weighted by Crippen LogP contribution is -2.49. The maximum absolute atomic E-state index is 12.6. The number of aromatic nitrogens is 1. The van der Waals surface area contributed by atoms with Gasteiger partial charge in [-0.25, -0.2) is 0 Å². The first-order chi connectivity index (χ1) is 13.9. The number of aliphatic hydroxyl groups is 4. The standard InChI is InChI=1S/C20H22N2O6S/c1-10-12-5-4-11(21-14(8-23)18(26)19(27)15(25)9-24)7-13(12)22-20(28)17(10)16-3-2-6-29-16/h2-8,14-15,18-19,21,24-27H,9H2,1H3,(H,22,28)/t14-,15+,18+,19+/m0/s1. The Hall–Kier alpha value is -2.56. The maximum atomic E-state index is 12.6. The number of carbonyl (C=O) groups excluding carboxylic acids is 1. The van der Waals surface area contributed by atoms with Crippen molar-refractivity contribution in [1.29, 1.82) is 0 Å². The molecule has 9 heteroatoms. The molecule has 0 amide bonds. The predicted octanol–water partition coefficient (Wildman–Crippen LogP) is 0.619. The van der Waals surface area contributed by atoms with Crippen molar-refractivity contribution in [3.63, 3.8) is 0 Å². The van der Waals surface area contributed by atoms with E-state index >= 15 is 0 Å². The van der Waals surface area contributed by atoms with Crippen molar-refractivity contribution in [1.82, 2.24) is 4.98 Å². The zero-order valence-corrected chi connectivity index (χ0v) is 16.4. The van der Waals surface area contributed by atoms with Crippen LogP contribution in [-0.2, 0) is 4.79 Å². The van der Waals surface area contributed by atoms with E-state index in [2.05, 4.69) is 10.3 Å². The molecule has 1 aromatic carbocycles. The van der Waals surface area contributed by atoms with Crippen LogP contribution in [-0.4, -0.2) is 62.7 Å². The molecule has 0 aliphatic rings. The highest BCUT2D eigenvalue weighted by atomic mass is 32.1. The van der Waals surface area contributed by atoms with Crippen LogP contribution in [0.15, 0.2) is 40.5 Å². The lowest BCUT2D eigenvalue weighted by Gasteiger charge is -2.27. The third-order valence-corrected chi connectivity index (χ3v) is 5.71. The number of fused-ring (bicyclic) bond motifs is 1. The largest absolute Gasteiger partial charge is 0.394 e. The Morgan fingerprint density at radius 2 is 1.97 bits per heavy atom. The van der Waals surface area contributed by atoms with Gasteiger partial charge in [0.1, 0.15) is 30.6 Å². The van der Waals surface area contributed by atoms with Crippen molar-refractivity contribution in [2.24, 2.45) is 0 Å². The molecule has 0 spiro atoms. The summed E-state index contributed by atoms with van der Waals surface area (Å²) in [6.45, 7) is 1.11. The van der Waals surface area contributed by atoms with Crippen LogP contribution in [0.1, 0.15) is 5.56 Å². The van der Waals surface area contributed by atoms with E-state index < -0.39 is 31.0 Å². The van der Waals surface area contributed by atoms with Crippen LogP contribution in [0.5, 0.6) is 0 Å². The average Bonchev–Trinajstić information content (AvgIpc) is 3.24. The van der Waals surface area contributed by atoms with E-state index in [1.54, 1.807) is 18.2 Å². The summed E-state index contributed by atoms with van der Waals surface area (Å²) in [4.78, 5) is 27.7. The summed E-state index contributed by atoms with van der Waals surface area (Å²) in [6.07, 6.45) is -4.54. The van der Waals surface area contributed by atoms with Gasteiger partial charge in [-0.05, 0) is 36.1 Å². The number of hydrogen-bond donors (Lipinski definition) is 6. The summed E-state index contributed by atoms with van der Waals surface area (Å²) in [5.74, 6) is 0. The maximum Gasteiger partial charge on any atom is 0.257 e. The van der Waals surface area contributed by atoms with Crippen LogP contribution < -0.4 is 10.9 Å². The average molecular weight is 418 g/mol. The second-order valence-corrected chi connectivity index (χ2v) is 7.68. The number of aldehydes is 1. The Labute approximate surface area is 170 Å². The summed E-state index contributed by atoms with van der Waals surface area (Å²) in [5, 5.41) is 43.8. The van der Waals surface area contributed by atoms with E-state index in [0.717, 1.165) is 15.8 Å². The topological polar surface area (TPSA) is 143 Å². The number of pyridine rings is 1. The van der Waals surface area contributed by atoms with Gasteiger partial charge in [0.2, 0.25) is 0 Å². The van der Waals surface area contributed by atoms with E-state index in [-0.39, 0.29) is 5.56 Å². The number of rotatable bonds is 8. The van der Waals surface area contributed by atoms with Crippen molar-refractivity contribution in [3.05, 3.63) is 51.6 Å². The molecule has 4 atom stereocenters. The van der Waals surface area contributed by atoms with E-state index in [4.69, 9.17) is 5.11 Å². The molecule has 0 saturated heterocycles. The molecule has 2 heterocycles. The molecule has 0 aliphatic carbocycles. The minimum Gasteiger partial charge on any atom is -0.394 e. The molecule has 0 unspecified atom stereocenters. The smallest absolute Gasteiger partial charge is 0.257 e. The molecule has 29 heavy (non-hydrogen) atoms. The van der Waals surface area contributed by atoms with Gasteiger partial charge in [0, 0.05) is 16.0 Å². The molecule has 3 rings (SSSR count). The fraction of sp³-hybridized carbons (Fsp3) is 0.300. The van der Waals surface area contributed by atoms with Crippen molar-refractivity contribution in [2.75, 3.05) is 11.9 Å². The van der Waals surface area contributed by atoms with Gasteiger partial charge in [-0.1, -0.05) is 12.1 Å². The van der Waals surface area contributed by atoms with Crippen molar-refractivity contribution in [2.45, 2.75) is 31.3 Å². The number of hydrogen-bond acceptors (Lipinski definition) is 8. The number of benzene rings is 1. The number of H-pyrrole nitrogens is 1. The SMILES string of the molecule is Cc1c(-c2cccs2)c(=O)[nH]c2cc(N[C@@H](C=O)[C@@H](O)[C@H](O)[C@H](O)CO)ccc12. The number of thiophene rings is 1. The fourth-order valence-corrected chi connectivity index (χ4v) is 4.04. The monoisotopic (exact) mass is 418 g/mol. The van der Waals surface area contributed by atoms with Gasteiger partial charge in [-0.3, -0.25) is 4.79 Å². The lowest BCUT2D eigenvalue weighted by atomic mass is 10.0. The molecule has 8 nitrogen and oxygen atoms in total. The number of aryl methyl sites for hydroxylation is 1. The Morgan fingerprint density at radius 3 is 2.59 bits per heavy atom. The highest BCUT2D eigenvalue weighted by Gasteiger charge is 2.31. The summed E-state index contributed by atoms with van der Waals surface area (Å²) in [7, 11) is 0. The minimum atomic E-state index is -1.71. The van der Waals surface area contributed by atoms with E-state index in [9.17, 15) is 24.9 Å². The molecule has 0 fully saturated rings. The third kappa shape index (κ3) is 4.24. The molecular weight excluding hydrogens is 396 g/mol. The van der Waals surface area contributed by atoms with Gasteiger partial charge in [0.05, 0.1) is 17.7 Å². The summed E-state index contributed by atoms with van der Waals surface area (Å²) < 4.78 is 0. The number of aromatic amines is 1. The zero-order valence-electron chi connectivity index (χ0n) is 15.6. The van der Waals surface area contributed by atoms with Gasteiger partial charge < -0.3 is 35.5 Å². The van der Waals surface area contributed by atoms with Crippen molar-refractivity contribution < 1.29 is 25.2 Å². The second kappa shape index (κ2) is 8.85. The highest BCUT2D eigenvalue weighted by molar-refractivity contribution is 7.13. The third-order valence-electron chi connectivity index (χ3n) is 4.82. The lowest BCUT2D eigenvalue weighted by molar-refractivity contribution is -0.117. The Bertz CT molecular complexity index is 1050. The molecule has 0 aliphatic heterocycles. The highest BCUT2D eigenvalue weighted by Crippen LogP contribution is 2.29. The van der Waals surface area contributed by atoms with Gasteiger partial charge in [0.15, 0.2) is 0 Å². The van der Waals surface area contributed by atoms with Crippen LogP contribution in [0, 0.1) is 6.92 Å². The number of nitrogens with one attached hydrogen (secondary N) is 2. The van der Waals surface area contributed by atoms with Crippen LogP contribution in [0.3, 0.4) is 0 Å². The Balaban J connectivity index is 1.93. The second-order valence-electron chi connectivity index (χ2n) is 6.73. The molecule has 2 aromatic heterocycles. The van der Waals surface area contributed by atoms with Crippen LogP contribution in [0.2, 0.25) is 0 Å². The number of anilines is 1. The van der Waals surface area contributed by atoms with E-state index in [0.29, 0.717) is 23.1 Å². The number of aliphatic hydroxyl groups excluding tert-OH is 4. The van der Waals surface area contributed by atoms with Crippen LogP contribution in [0.25, 0.3) is 21.3 Å². The first-order valence-electron chi connectivity index (χ1n) is 8.94. The molecule has 6 N–H and O–H groups in total. The Kier molecular flexibility index (Phi) is 6.46. The summed E-state index contributed by atoms with van der Waals surface area (Å²) in [6, 6.07) is 7.62. The van der Waals surface area contributed by atoms with Gasteiger partial charge in [0.25, 0.3) is 5.56 Å². The molecule has 3 aromatic rings. The first kappa shape index (κ1) is 21.2. The van der Waals surface area contributed by atoms with Crippen molar-refractivity contribution >= 4 is 34.2 Å². The number of carbonyl (C=O) groups is 1. The first-order valence-corrected chi connectivity index (χ1v) is 9.82.